The van der Waals surface area contributed by atoms with E-state index in [1.807, 2.05) is 30.3 Å². The highest BCUT2D eigenvalue weighted by atomic mass is 31.2. The first-order valence-electron chi connectivity index (χ1n) is 5.80. The molecule has 1 aliphatic heterocycles. The lowest BCUT2D eigenvalue weighted by Crippen LogP contribution is -2.02. The van der Waals surface area contributed by atoms with Crippen molar-refractivity contribution < 1.29 is 18.3 Å². The van der Waals surface area contributed by atoms with Gasteiger partial charge < -0.3 is 13.8 Å². The Labute approximate surface area is 101 Å². The molecule has 2 unspecified atom stereocenters. The Balaban J connectivity index is 2.08. The molecule has 0 radical (unpaired) electrons. The molecule has 2 rings (SSSR count). The van der Waals surface area contributed by atoms with Gasteiger partial charge in [-0.1, -0.05) is 30.3 Å². The molecule has 0 aliphatic carbocycles. The summed E-state index contributed by atoms with van der Waals surface area (Å²) in [4.78, 5) is 0. The summed E-state index contributed by atoms with van der Waals surface area (Å²) < 4.78 is 28.4. The van der Waals surface area contributed by atoms with Crippen LogP contribution in [0.4, 0.5) is 0 Å². The summed E-state index contributed by atoms with van der Waals surface area (Å²) in [6.45, 7) is 4.31. The van der Waals surface area contributed by atoms with E-state index in [0.29, 0.717) is 13.2 Å². The largest absolute Gasteiger partial charge is 0.362 e. The van der Waals surface area contributed by atoms with E-state index >= 15 is 0 Å². The minimum absolute atomic E-state index is 0.167. The molecule has 5 heteroatoms. The molecule has 1 heterocycles. The Kier molecular flexibility index (Phi) is 4.00. The van der Waals surface area contributed by atoms with Gasteiger partial charge in [-0.15, -0.1) is 0 Å². The fourth-order valence-corrected chi connectivity index (χ4v) is 3.65. The van der Waals surface area contributed by atoms with E-state index < -0.39 is 13.4 Å². The smallest absolute Gasteiger partial charge is 0.351 e. The molecule has 0 amide bonds. The van der Waals surface area contributed by atoms with Crippen LogP contribution in [0.1, 0.15) is 25.5 Å². The standard InChI is InChI=1S/C12H17O4P/c1-3-14-17(13,15-4-2)12-11(16-12)10-8-6-5-7-9-10/h5-9,11-12H,3-4H2,1-2H3. The number of hydrogen-bond donors (Lipinski definition) is 0. The lowest BCUT2D eigenvalue weighted by Gasteiger charge is -2.14. The molecule has 0 aromatic heterocycles. The molecule has 0 saturated carbocycles. The van der Waals surface area contributed by atoms with Gasteiger partial charge >= 0.3 is 7.60 Å². The molecule has 4 nitrogen and oxygen atoms in total. The summed E-state index contributed by atoms with van der Waals surface area (Å²) in [5.41, 5.74) is 1.01. The Morgan fingerprint density at radius 1 is 1.18 bits per heavy atom. The van der Waals surface area contributed by atoms with Crippen LogP contribution in [0, 0.1) is 0 Å². The zero-order valence-electron chi connectivity index (χ0n) is 10.0. The molecular formula is C12H17O4P. The van der Waals surface area contributed by atoms with Crippen molar-refractivity contribution in [1.29, 1.82) is 0 Å². The van der Waals surface area contributed by atoms with E-state index in [4.69, 9.17) is 13.8 Å². The number of benzene rings is 1. The highest BCUT2D eigenvalue weighted by molar-refractivity contribution is 7.54. The van der Waals surface area contributed by atoms with Crippen molar-refractivity contribution in [3.63, 3.8) is 0 Å². The summed E-state index contributed by atoms with van der Waals surface area (Å²) in [6.07, 6.45) is -0.167. The van der Waals surface area contributed by atoms with Gasteiger partial charge in [0.05, 0.1) is 13.2 Å². The van der Waals surface area contributed by atoms with Crippen LogP contribution in [0.3, 0.4) is 0 Å². The minimum atomic E-state index is -3.12. The van der Waals surface area contributed by atoms with Gasteiger partial charge in [0.15, 0.2) is 5.85 Å². The average Bonchev–Trinajstić information content (AvgIpc) is 3.11. The third kappa shape index (κ3) is 2.78. The monoisotopic (exact) mass is 256 g/mol. The summed E-state index contributed by atoms with van der Waals surface area (Å²) in [5.74, 6) is -0.454. The summed E-state index contributed by atoms with van der Waals surface area (Å²) in [6, 6.07) is 9.70. The Morgan fingerprint density at radius 3 is 2.29 bits per heavy atom. The van der Waals surface area contributed by atoms with Gasteiger partial charge in [0.25, 0.3) is 0 Å². The third-order valence-corrected chi connectivity index (χ3v) is 4.78. The van der Waals surface area contributed by atoms with Gasteiger partial charge in [0.2, 0.25) is 0 Å². The molecule has 1 aliphatic rings. The summed E-state index contributed by atoms with van der Waals surface area (Å²) in [7, 11) is -3.12. The predicted octanol–water partition coefficient (Wildman–Crippen LogP) is 3.35. The van der Waals surface area contributed by atoms with Crippen LogP contribution in [0.25, 0.3) is 0 Å². The normalized spacial score (nSPS) is 23.6. The highest BCUT2D eigenvalue weighted by Gasteiger charge is 2.55. The topological polar surface area (TPSA) is 48.1 Å². The first kappa shape index (κ1) is 12.8. The second-order valence-electron chi connectivity index (χ2n) is 3.73. The van der Waals surface area contributed by atoms with Crippen molar-refractivity contribution in [3.05, 3.63) is 35.9 Å². The Hall–Kier alpha value is -0.670. The van der Waals surface area contributed by atoms with Crippen molar-refractivity contribution in [1.82, 2.24) is 0 Å². The van der Waals surface area contributed by atoms with Crippen molar-refractivity contribution >= 4 is 7.60 Å². The number of epoxide rings is 1. The Morgan fingerprint density at radius 2 is 1.76 bits per heavy atom. The lowest BCUT2D eigenvalue weighted by atomic mass is 10.2. The van der Waals surface area contributed by atoms with E-state index in [2.05, 4.69) is 0 Å². The van der Waals surface area contributed by atoms with Crippen LogP contribution in [0.2, 0.25) is 0 Å². The molecular weight excluding hydrogens is 239 g/mol. The van der Waals surface area contributed by atoms with E-state index in [1.165, 1.54) is 0 Å². The molecule has 17 heavy (non-hydrogen) atoms. The molecule has 1 aromatic rings. The predicted molar refractivity (Wildman–Crippen MR) is 64.9 cm³/mol. The second-order valence-corrected chi connectivity index (χ2v) is 5.84. The SMILES string of the molecule is CCOP(=O)(OCC)C1OC1c1ccccc1. The molecule has 1 saturated heterocycles. The maximum absolute atomic E-state index is 12.4. The van der Waals surface area contributed by atoms with Crippen LogP contribution in [-0.2, 0) is 18.3 Å². The van der Waals surface area contributed by atoms with Crippen LogP contribution >= 0.6 is 7.60 Å². The second kappa shape index (κ2) is 5.32. The highest BCUT2D eigenvalue weighted by Crippen LogP contribution is 2.66. The molecule has 0 N–H and O–H groups in total. The van der Waals surface area contributed by atoms with Gasteiger partial charge in [-0.2, -0.15) is 0 Å². The molecule has 94 valence electrons. The average molecular weight is 256 g/mol. The van der Waals surface area contributed by atoms with Crippen molar-refractivity contribution in [3.8, 4) is 0 Å². The van der Waals surface area contributed by atoms with Crippen molar-refractivity contribution in [2.45, 2.75) is 25.8 Å². The van der Waals surface area contributed by atoms with Crippen LogP contribution in [-0.4, -0.2) is 19.1 Å². The van der Waals surface area contributed by atoms with Crippen molar-refractivity contribution in [2.24, 2.45) is 0 Å². The number of ether oxygens (including phenoxy) is 1. The first-order valence-corrected chi connectivity index (χ1v) is 7.41. The zero-order valence-corrected chi connectivity index (χ0v) is 10.9. The van der Waals surface area contributed by atoms with Gasteiger partial charge in [0, 0.05) is 0 Å². The first-order chi connectivity index (χ1) is 8.21. The maximum atomic E-state index is 12.4. The summed E-state index contributed by atoms with van der Waals surface area (Å²) >= 11 is 0. The minimum Gasteiger partial charge on any atom is -0.351 e. The van der Waals surface area contributed by atoms with Crippen LogP contribution < -0.4 is 0 Å². The molecule has 0 bridgehead atoms. The van der Waals surface area contributed by atoms with E-state index in [0.717, 1.165) is 5.56 Å². The fourth-order valence-electron chi connectivity index (χ4n) is 1.78. The van der Waals surface area contributed by atoms with E-state index in [9.17, 15) is 4.57 Å². The number of hydrogen-bond acceptors (Lipinski definition) is 4. The zero-order chi connectivity index (χ0) is 12.3. The van der Waals surface area contributed by atoms with Gasteiger partial charge in [-0.25, -0.2) is 0 Å². The molecule has 1 aromatic carbocycles. The summed E-state index contributed by atoms with van der Waals surface area (Å²) in [5, 5.41) is 0. The quantitative estimate of drug-likeness (QED) is 0.578. The Bertz CT molecular complexity index is 396. The van der Waals surface area contributed by atoms with Gasteiger partial charge in [0.1, 0.15) is 6.10 Å². The van der Waals surface area contributed by atoms with E-state index in [-0.39, 0.29) is 6.10 Å². The van der Waals surface area contributed by atoms with Gasteiger partial charge in [-0.05, 0) is 19.4 Å². The van der Waals surface area contributed by atoms with Crippen LogP contribution in [0.15, 0.2) is 30.3 Å². The molecule has 1 fully saturated rings. The fraction of sp³-hybridized carbons (Fsp3) is 0.500. The third-order valence-electron chi connectivity index (χ3n) is 2.53. The number of rotatable bonds is 6. The lowest BCUT2D eigenvalue weighted by molar-refractivity contribution is 0.208. The van der Waals surface area contributed by atoms with Crippen molar-refractivity contribution in [2.75, 3.05) is 13.2 Å². The maximum Gasteiger partial charge on any atom is 0.362 e. The molecule has 0 spiro atoms. The molecule has 2 atom stereocenters. The van der Waals surface area contributed by atoms with Crippen LogP contribution in [0.5, 0.6) is 0 Å². The van der Waals surface area contributed by atoms with E-state index in [1.54, 1.807) is 13.8 Å². The van der Waals surface area contributed by atoms with Gasteiger partial charge in [-0.3, -0.25) is 4.57 Å².